The molecule has 0 saturated heterocycles. The number of para-hydroxylation sites is 1. The molecule has 0 spiro atoms. The van der Waals surface area contributed by atoms with E-state index in [0.717, 1.165) is 6.54 Å². The van der Waals surface area contributed by atoms with Crippen molar-refractivity contribution in [2.24, 2.45) is 0 Å². The third-order valence-corrected chi connectivity index (χ3v) is 1.24. The molecule has 1 N–H and O–H groups in total. The molecule has 0 radical (unpaired) electrons. The number of rotatable bonds is 2. The topological polar surface area (TPSA) is 12.0 Å². The van der Waals surface area contributed by atoms with Gasteiger partial charge in [0.25, 0.3) is 0 Å². The lowest BCUT2D eigenvalue weighted by atomic mass is 10.3. The highest BCUT2D eigenvalue weighted by Crippen LogP contribution is 2.10. The summed E-state index contributed by atoms with van der Waals surface area (Å²) in [4.78, 5) is 0. The molecular formula is C8H11ClFN. The molecule has 0 heterocycles. The second-order valence-corrected chi connectivity index (χ2v) is 2.01. The van der Waals surface area contributed by atoms with Gasteiger partial charge in [-0.25, -0.2) is 4.39 Å². The molecule has 0 aliphatic rings. The van der Waals surface area contributed by atoms with Crippen LogP contribution in [0, 0.1) is 5.82 Å². The Morgan fingerprint density at radius 3 is 2.55 bits per heavy atom. The summed E-state index contributed by atoms with van der Waals surface area (Å²) in [6.45, 7) is 2.69. The Morgan fingerprint density at radius 1 is 1.36 bits per heavy atom. The van der Waals surface area contributed by atoms with Gasteiger partial charge in [0.1, 0.15) is 5.82 Å². The van der Waals surface area contributed by atoms with Crippen molar-refractivity contribution in [2.75, 3.05) is 11.9 Å². The number of hydrogen-bond acceptors (Lipinski definition) is 1. The fraction of sp³-hybridized carbons (Fsp3) is 0.250. The molecular weight excluding hydrogens is 165 g/mol. The lowest BCUT2D eigenvalue weighted by molar-refractivity contribution is 0.630. The van der Waals surface area contributed by atoms with Crippen LogP contribution < -0.4 is 5.32 Å². The molecule has 1 nitrogen and oxygen atoms in total. The molecule has 1 aromatic rings. The van der Waals surface area contributed by atoms with Crippen molar-refractivity contribution in [3.05, 3.63) is 30.1 Å². The van der Waals surface area contributed by atoms with E-state index < -0.39 is 0 Å². The predicted octanol–water partition coefficient (Wildman–Crippen LogP) is 2.68. The van der Waals surface area contributed by atoms with Gasteiger partial charge >= 0.3 is 0 Å². The molecule has 11 heavy (non-hydrogen) atoms. The second-order valence-electron chi connectivity index (χ2n) is 2.01. The first-order chi connectivity index (χ1) is 4.84. The Hall–Kier alpha value is -0.760. The van der Waals surface area contributed by atoms with E-state index in [1.54, 1.807) is 18.2 Å². The van der Waals surface area contributed by atoms with E-state index in [2.05, 4.69) is 5.32 Å². The van der Waals surface area contributed by atoms with Crippen LogP contribution in [0.25, 0.3) is 0 Å². The second kappa shape index (κ2) is 4.97. The highest BCUT2D eigenvalue weighted by molar-refractivity contribution is 5.85. The molecule has 0 atom stereocenters. The van der Waals surface area contributed by atoms with Crippen LogP contribution in [-0.2, 0) is 0 Å². The molecule has 0 aliphatic heterocycles. The highest BCUT2D eigenvalue weighted by atomic mass is 35.5. The van der Waals surface area contributed by atoms with E-state index in [0.29, 0.717) is 5.69 Å². The highest BCUT2D eigenvalue weighted by Gasteiger charge is 1.95. The molecule has 0 unspecified atom stereocenters. The SMILES string of the molecule is CCNc1ccccc1F.Cl. The van der Waals surface area contributed by atoms with Gasteiger partial charge in [0.05, 0.1) is 5.69 Å². The molecule has 3 heteroatoms. The normalized spacial score (nSPS) is 8.55. The Kier molecular flexibility index (Phi) is 4.62. The Morgan fingerprint density at radius 2 is 2.00 bits per heavy atom. The van der Waals surface area contributed by atoms with E-state index in [1.165, 1.54) is 6.07 Å². The van der Waals surface area contributed by atoms with Gasteiger partial charge in [-0.1, -0.05) is 12.1 Å². The summed E-state index contributed by atoms with van der Waals surface area (Å²) in [6, 6.07) is 6.65. The summed E-state index contributed by atoms with van der Waals surface area (Å²) in [5.41, 5.74) is 0.574. The van der Waals surface area contributed by atoms with Gasteiger partial charge in [-0.2, -0.15) is 0 Å². The predicted molar refractivity (Wildman–Crippen MR) is 47.8 cm³/mol. The van der Waals surface area contributed by atoms with Crippen LogP contribution in [0.1, 0.15) is 6.92 Å². The summed E-state index contributed by atoms with van der Waals surface area (Å²) in [5, 5.41) is 2.90. The van der Waals surface area contributed by atoms with Crippen molar-refractivity contribution in [2.45, 2.75) is 6.92 Å². The molecule has 0 aliphatic carbocycles. The van der Waals surface area contributed by atoms with Gasteiger partial charge < -0.3 is 5.32 Å². The Bertz CT molecular complexity index is 215. The van der Waals surface area contributed by atoms with Gasteiger partial charge in [-0.05, 0) is 19.1 Å². The molecule has 0 aromatic heterocycles. The Labute approximate surface area is 72.0 Å². The average molecular weight is 176 g/mol. The largest absolute Gasteiger partial charge is 0.383 e. The fourth-order valence-electron chi connectivity index (χ4n) is 0.795. The Balaban J connectivity index is 0.000001000. The van der Waals surface area contributed by atoms with E-state index in [4.69, 9.17) is 0 Å². The standard InChI is InChI=1S/C8H10FN.ClH/c1-2-10-8-6-4-3-5-7(8)9;/h3-6,10H,2H2,1H3;1H. The first kappa shape index (κ1) is 10.2. The monoisotopic (exact) mass is 175 g/mol. The third kappa shape index (κ3) is 2.76. The lowest BCUT2D eigenvalue weighted by Crippen LogP contribution is -1.98. The van der Waals surface area contributed by atoms with E-state index in [1.807, 2.05) is 6.92 Å². The van der Waals surface area contributed by atoms with Gasteiger partial charge in [0, 0.05) is 6.54 Å². The minimum atomic E-state index is -0.190. The minimum absolute atomic E-state index is 0. The summed E-state index contributed by atoms with van der Waals surface area (Å²) in [7, 11) is 0. The third-order valence-electron chi connectivity index (χ3n) is 1.24. The van der Waals surface area contributed by atoms with Gasteiger partial charge in [-0.15, -0.1) is 12.4 Å². The van der Waals surface area contributed by atoms with Crippen molar-refractivity contribution in [1.82, 2.24) is 0 Å². The number of halogens is 2. The summed E-state index contributed by atoms with van der Waals surface area (Å²) < 4.78 is 12.7. The summed E-state index contributed by atoms with van der Waals surface area (Å²) in [5.74, 6) is -0.190. The fourth-order valence-corrected chi connectivity index (χ4v) is 0.795. The van der Waals surface area contributed by atoms with Crippen LogP contribution in [0.5, 0.6) is 0 Å². The quantitative estimate of drug-likeness (QED) is 0.729. The van der Waals surface area contributed by atoms with Crippen LogP contribution in [-0.4, -0.2) is 6.54 Å². The minimum Gasteiger partial charge on any atom is -0.383 e. The van der Waals surface area contributed by atoms with Crippen molar-refractivity contribution in [3.8, 4) is 0 Å². The van der Waals surface area contributed by atoms with Crippen LogP contribution in [0.4, 0.5) is 10.1 Å². The maximum absolute atomic E-state index is 12.7. The van der Waals surface area contributed by atoms with Crippen molar-refractivity contribution >= 4 is 18.1 Å². The van der Waals surface area contributed by atoms with Crippen molar-refractivity contribution in [3.63, 3.8) is 0 Å². The maximum atomic E-state index is 12.7. The van der Waals surface area contributed by atoms with Gasteiger partial charge in [-0.3, -0.25) is 0 Å². The molecule has 0 amide bonds. The van der Waals surface area contributed by atoms with Crippen LogP contribution >= 0.6 is 12.4 Å². The summed E-state index contributed by atoms with van der Waals surface area (Å²) in [6.07, 6.45) is 0. The summed E-state index contributed by atoms with van der Waals surface area (Å²) >= 11 is 0. The van der Waals surface area contributed by atoms with Crippen LogP contribution in [0.2, 0.25) is 0 Å². The zero-order valence-electron chi connectivity index (χ0n) is 6.30. The number of hydrogen-bond donors (Lipinski definition) is 1. The van der Waals surface area contributed by atoms with Gasteiger partial charge in [0.2, 0.25) is 0 Å². The number of anilines is 1. The molecule has 62 valence electrons. The van der Waals surface area contributed by atoms with Crippen LogP contribution in [0.15, 0.2) is 24.3 Å². The van der Waals surface area contributed by atoms with E-state index in [9.17, 15) is 4.39 Å². The first-order valence-corrected chi connectivity index (χ1v) is 3.33. The molecule has 1 rings (SSSR count). The lowest BCUT2D eigenvalue weighted by Gasteiger charge is -2.01. The number of nitrogens with one attached hydrogen (secondary N) is 1. The molecule has 0 bridgehead atoms. The molecule has 1 aromatic carbocycles. The smallest absolute Gasteiger partial charge is 0.146 e. The van der Waals surface area contributed by atoms with Crippen molar-refractivity contribution in [1.29, 1.82) is 0 Å². The first-order valence-electron chi connectivity index (χ1n) is 3.33. The zero-order valence-corrected chi connectivity index (χ0v) is 7.12. The average Bonchev–Trinajstić information content (AvgIpc) is 1.94. The molecule has 0 fully saturated rings. The zero-order chi connectivity index (χ0) is 7.40. The van der Waals surface area contributed by atoms with E-state index in [-0.39, 0.29) is 18.2 Å². The van der Waals surface area contributed by atoms with Crippen molar-refractivity contribution < 1.29 is 4.39 Å². The number of benzene rings is 1. The van der Waals surface area contributed by atoms with Gasteiger partial charge in [0.15, 0.2) is 0 Å². The maximum Gasteiger partial charge on any atom is 0.146 e. The van der Waals surface area contributed by atoms with E-state index >= 15 is 0 Å². The van der Waals surface area contributed by atoms with Crippen LogP contribution in [0.3, 0.4) is 0 Å². The molecule has 0 saturated carbocycles.